The van der Waals surface area contributed by atoms with Gasteiger partial charge in [-0.15, -0.1) is 0 Å². The third kappa shape index (κ3) is 5.09. The molecule has 166 valence electrons. The number of ether oxygens (including phenoxy) is 1. The number of aryl methyl sites for hydroxylation is 1. The number of benzene rings is 1. The van der Waals surface area contributed by atoms with E-state index in [1.165, 1.54) is 0 Å². The number of nitrogens with zero attached hydrogens (tertiary/aromatic N) is 3. The van der Waals surface area contributed by atoms with Crippen LogP contribution in [0.2, 0.25) is 0 Å². The molecule has 4 nitrogen and oxygen atoms in total. The summed E-state index contributed by atoms with van der Waals surface area (Å²) in [5, 5.41) is 3.22. The topological polar surface area (TPSA) is 39.9 Å². The molecule has 31 heavy (non-hydrogen) atoms. The zero-order chi connectivity index (χ0) is 23.1. The van der Waals surface area contributed by atoms with Crippen molar-refractivity contribution < 1.29 is 39.9 Å². The number of rotatable bonds is 4. The van der Waals surface area contributed by atoms with Crippen LogP contribution in [0.1, 0.15) is 11.3 Å². The lowest BCUT2D eigenvalue weighted by atomic mass is 10.1. The lowest BCUT2D eigenvalue weighted by Gasteiger charge is -2.12. The molecule has 0 amide bonds. The molecule has 0 radical (unpaired) electrons. The molecule has 3 rings (SSSR count). The van der Waals surface area contributed by atoms with Crippen LogP contribution in [0.25, 0.3) is 11.3 Å². The highest BCUT2D eigenvalue weighted by Crippen LogP contribution is 2.38. The zero-order valence-electron chi connectivity index (χ0n) is 15.6. The maximum Gasteiger partial charge on any atom is 0.446 e. The molecule has 0 saturated heterocycles. The van der Waals surface area contributed by atoms with Crippen molar-refractivity contribution in [1.82, 2.24) is 14.8 Å². The Bertz CT molecular complexity index is 1110. The van der Waals surface area contributed by atoms with Gasteiger partial charge in [-0.05, 0) is 30.8 Å². The van der Waals surface area contributed by atoms with Crippen LogP contribution in [0.3, 0.4) is 0 Å². The zero-order valence-corrected chi connectivity index (χ0v) is 16.4. The molecule has 0 N–H and O–H groups in total. The summed E-state index contributed by atoms with van der Waals surface area (Å²) >= 11 is -0.375. The number of halogens is 8. The van der Waals surface area contributed by atoms with Gasteiger partial charge in [0.15, 0.2) is 17.3 Å². The molecule has 2 aromatic heterocycles. The summed E-state index contributed by atoms with van der Waals surface area (Å²) in [6.07, 6.45) is -4.77. The van der Waals surface area contributed by atoms with Crippen LogP contribution in [0.15, 0.2) is 35.2 Å². The van der Waals surface area contributed by atoms with Gasteiger partial charge in [-0.3, -0.25) is 0 Å². The highest BCUT2D eigenvalue weighted by molar-refractivity contribution is 8.00. The third-order valence-corrected chi connectivity index (χ3v) is 4.70. The largest absolute Gasteiger partial charge is 0.446 e. The Labute approximate surface area is 173 Å². The Morgan fingerprint density at radius 2 is 1.58 bits per heavy atom. The second-order valence-electron chi connectivity index (χ2n) is 6.18. The minimum Gasteiger partial charge on any atom is -0.418 e. The molecule has 0 saturated carbocycles. The first kappa shape index (κ1) is 22.8. The van der Waals surface area contributed by atoms with Crippen LogP contribution < -0.4 is 4.74 Å². The van der Waals surface area contributed by atoms with Crippen LogP contribution >= 0.6 is 11.8 Å². The molecule has 0 spiro atoms. The van der Waals surface area contributed by atoms with E-state index in [1.54, 1.807) is 0 Å². The van der Waals surface area contributed by atoms with Gasteiger partial charge in [0.05, 0.1) is 0 Å². The minimum atomic E-state index is -4.77. The average molecular weight is 469 g/mol. The Morgan fingerprint density at radius 3 is 2.10 bits per heavy atom. The van der Waals surface area contributed by atoms with Crippen molar-refractivity contribution in [1.29, 1.82) is 0 Å². The van der Waals surface area contributed by atoms with E-state index in [9.17, 15) is 35.1 Å². The molecular formula is C18H11F8N3OS. The fraction of sp³-hybridized carbons (Fsp3) is 0.222. The summed E-state index contributed by atoms with van der Waals surface area (Å²) in [5.74, 6) is -3.67. The van der Waals surface area contributed by atoms with Crippen LogP contribution in [0.5, 0.6) is 11.8 Å². The predicted molar refractivity (Wildman–Crippen MR) is 94.5 cm³/mol. The molecule has 0 fully saturated rings. The summed E-state index contributed by atoms with van der Waals surface area (Å²) in [7, 11) is 1.12. The van der Waals surface area contributed by atoms with E-state index in [-0.39, 0.29) is 22.2 Å². The van der Waals surface area contributed by atoms with E-state index in [0.717, 1.165) is 38.2 Å². The van der Waals surface area contributed by atoms with Crippen LogP contribution in [0, 0.1) is 18.6 Å². The van der Waals surface area contributed by atoms with Gasteiger partial charge in [0.25, 0.3) is 5.88 Å². The standard InChI is InChI=1S/C18H11F8N3OS/c1-8-13(19)15(9-3-5-10(6-4-9)31-18(24,25)26)27-16(14(8)20)30-12-7-11(17(21,22)23)28-29(12)2/h3-7H,1-2H3. The normalized spacial score (nSPS) is 12.3. The Morgan fingerprint density at radius 1 is 0.968 bits per heavy atom. The van der Waals surface area contributed by atoms with Gasteiger partial charge in [-0.2, -0.15) is 31.4 Å². The monoisotopic (exact) mass is 469 g/mol. The van der Waals surface area contributed by atoms with Gasteiger partial charge in [0, 0.05) is 29.1 Å². The van der Waals surface area contributed by atoms with Crippen LogP contribution in [-0.2, 0) is 13.2 Å². The van der Waals surface area contributed by atoms with Gasteiger partial charge in [-0.1, -0.05) is 12.1 Å². The van der Waals surface area contributed by atoms with E-state index >= 15 is 0 Å². The fourth-order valence-corrected chi connectivity index (χ4v) is 3.03. The summed E-state index contributed by atoms with van der Waals surface area (Å²) < 4.78 is 111. The van der Waals surface area contributed by atoms with E-state index in [2.05, 4.69) is 10.1 Å². The van der Waals surface area contributed by atoms with Crippen molar-refractivity contribution >= 4 is 11.8 Å². The fourth-order valence-electron chi connectivity index (χ4n) is 2.49. The van der Waals surface area contributed by atoms with Gasteiger partial charge >= 0.3 is 11.7 Å². The van der Waals surface area contributed by atoms with E-state index in [1.807, 2.05) is 0 Å². The smallest absolute Gasteiger partial charge is 0.418 e. The number of pyridine rings is 1. The Balaban J connectivity index is 1.99. The predicted octanol–water partition coefficient (Wildman–Crippen LogP) is 6.49. The van der Waals surface area contributed by atoms with Crippen molar-refractivity contribution in [3.63, 3.8) is 0 Å². The molecule has 0 aliphatic heterocycles. The molecule has 1 aromatic carbocycles. The number of thioether (sulfide) groups is 1. The van der Waals surface area contributed by atoms with Crippen LogP contribution in [0.4, 0.5) is 35.1 Å². The molecule has 0 aliphatic rings. The van der Waals surface area contributed by atoms with E-state index in [0.29, 0.717) is 10.7 Å². The molecular weight excluding hydrogens is 458 g/mol. The second-order valence-corrected chi connectivity index (χ2v) is 7.32. The minimum absolute atomic E-state index is 0.0120. The van der Waals surface area contributed by atoms with E-state index in [4.69, 9.17) is 4.74 Å². The Hall–Kier alpha value is -2.83. The number of hydrogen-bond donors (Lipinski definition) is 0. The van der Waals surface area contributed by atoms with Gasteiger partial charge < -0.3 is 4.74 Å². The molecule has 0 aliphatic carbocycles. The number of aromatic nitrogens is 3. The van der Waals surface area contributed by atoms with Gasteiger partial charge in [-0.25, -0.2) is 18.4 Å². The summed E-state index contributed by atoms with van der Waals surface area (Å²) in [4.78, 5) is 3.53. The van der Waals surface area contributed by atoms with Crippen molar-refractivity contribution in [3.8, 4) is 23.0 Å². The first-order chi connectivity index (χ1) is 14.3. The first-order valence-electron chi connectivity index (χ1n) is 8.27. The van der Waals surface area contributed by atoms with Crippen molar-refractivity contribution in [2.24, 2.45) is 7.05 Å². The number of hydrogen-bond acceptors (Lipinski definition) is 4. The summed E-state index contributed by atoms with van der Waals surface area (Å²) in [6, 6.07) is 4.95. The van der Waals surface area contributed by atoms with Crippen molar-refractivity contribution in [2.75, 3.05) is 0 Å². The SMILES string of the molecule is Cc1c(F)c(Oc2cc(C(F)(F)F)nn2C)nc(-c2ccc(SC(F)(F)F)cc2)c1F. The molecule has 3 aromatic rings. The van der Waals surface area contributed by atoms with Crippen molar-refractivity contribution in [2.45, 2.75) is 23.5 Å². The summed E-state index contributed by atoms with van der Waals surface area (Å²) in [6.45, 7) is 1.06. The highest BCUT2D eigenvalue weighted by atomic mass is 32.2. The Kier molecular flexibility index (Phi) is 5.91. The second kappa shape index (κ2) is 8.02. The quantitative estimate of drug-likeness (QED) is 0.324. The summed E-state index contributed by atoms with van der Waals surface area (Å²) in [5.41, 5.74) is -6.78. The maximum absolute atomic E-state index is 14.6. The molecule has 0 unspecified atom stereocenters. The van der Waals surface area contributed by atoms with Crippen LogP contribution in [-0.4, -0.2) is 20.3 Å². The lowest BCUT2D eigenvalue weighted by molar-refractivity contribution is -0.141. The first-order valence-corrected chi connectivity index (χ1v) is 9.09. The van der Waals surface area contributed by atoms with E-state index < -0.39 is 52.0 Å². The third-order valence-electron chi connectivity index (χ3n) is 3.96. The molecule has 13 heteroatoms. The average Bonchev–Trinajstić information content (AvgIpc) is 3.03. The molecule has 2 heterocycles. The van der Waals surface area contributed by atoms with Gasteiger partial charge in [0.1, 0.15) is 5.69 Å². The van der Waals surface area contributed by atoms with Gasteiger partial charge in [0.2, 0.25) is 5.88 Å². The van der Waals surface area contributed by atoms with Crippen molar-refractivity contribution in [3.05, 3.63) is 53.2 Å². The maximum atomic E-state index is 14.6. The molecule has 0 atom stereocenters. The highest BCUT2D eigenvalue weighted by Gasteiger charge is 2.35. The molecule has 0 bridgehead atoms. The number of alkyl halides is 6. The lowest BCUT2D eigenvalue weighted by Crippen LogP contribution is -2.06.